The number of nitrogens with one attached hydrogen (secondary N) is 1. The highest BCUT2D eigenvalue weighted by Gasteiger charge is 2.52. The quantitative estimate of drug-likeness (QED) is 0.729. The van der Waals surface area contributed by atoms with E-state index in [2.05, 4.69) is 33.0 Å². The maximum atomic E-state index is 3.65. The molecular weight excluding hydrogens is 170 g/mol. The van der Waals surface area contributed by atoms with Gasteiger partial charge < -0.3 is 5.32 Å². The van der Waals surface area contributed by atoms with Crippen molar-refractivity contribution in [3.05, 3.63) is 0 Å². The van der Waals surface area contributed by atoms with E-state index in [1.54, 1.807) is 0 Å². The van der Waals surface area contributed by atoms with Crippen LogP contribution in [0.5, 0.6) is 0 Å². The molecule has 0 aromatic carbocycles. The summed E-state index contributed by atoms with van der Waals surface area (Å²) in [6, 6.07) is 1.50. The highest BCUT2D eigenvalue weighted by Crippen LogP contribution is 2.60. The van der Waals surface area contributed by atoms with Crippen molar-refractivity contribution in [1.29, 1.82) is 0 Å². The van der Waals surface area contributed by atoms with Gasteiger partial charge in [0.05, 0.1) is 0 Å². The normalized spacial score (nSPS) is 41.6. The van der Waals surface area contributed by atoms with Crippen LogP contribution >= 0.6 is 0 Å². The number of rotatable bonds is 3. The van der Waals surface area contributed by atoms with Crippen molar-refractivity contribution < 1.29 is 0 Å². The van der Waals surface area contributed by atoms with E-state index < -0.39 is 0 Å². The topological polar surface area (TPSA) is 12.0 Å². The second kappa shape index (κ2) is 3.52. The lowest BCUT2D eigenvalue weighted by molar-refractivity contribution is -0.0669. The minimum absolute atomic E-state index is 0.665. The average molecular weight is 195 g/mol. The van der Waals surface area contributed by atoms with E-state index >= 15 is 0 Å². The third-order valence-corrected chi connectivity index (χ3v) is 4.26. The molecule has 2 saturated carbocycles. The predicted octanol–water partition coefficient (Wildman–Crippen LogP) is 3.20. The zero-order valence-electron chi connectivity index (χ0n) is 10.1. The van der Waals surface area contributed by atoms with E-state index in [1.807, 2.05) is 0 Å². The van der Waals surface area contributed by atoms with Gasteiger partial charge in [0.15, 0.2) is 0 Å². The van der Waals surface area contributed by atoms with E-state index in [4.69, 9.17) is 0 Å². The van der Waals surface area contributed by atoms with Crippen molar-refractivity contribution >= 4 is 0 Å². The Hall–Kier alpha value is -0.0400. The Morgan fingerprint density at radius 1 is 1.00 bits per heavy atom. The minimum Gasteiger partial charge on any atom is -0.312 e. The number of hydrogen-bond acceptors (Lipinski definition) is 1. The zero-order chi connectivity index (χ0) is 10.3. The second-order valence-corrected chi connectivity index (χ2v) is 6.34. The van der Waals surface area contributed by atoms with Crippen LogP contribution in [0.2, 0.25) is 0 Å². The lowest BCUT2D eigenvalue weighted by Crippen LogP contribution is -2.56. The first kappa shape index (κ1) is 10.5. The van der Waals surface area contributed by atoms with E-state index in [0.29, 0.717) is 6.04 Å². The molecule has 0 bridgehead atoms. The van der Waals surface area contributed by atoms with E-state index in [9.17, 15) is 0 Å². The molecule has 0 amide bonds. The molecule has 2 aliphatic carbocycles. The van der Waals surface area contributed by atoms with Gasteiger partial charge in [-0.25, -0.2) is 0 Å². The molecule has 0 aromatic rings. The molecular formula is C13H25N. The molecule has 2 aliphatic rings. The summed E-state index contributed by atoms with van der Waals surface area (Å²) < 4.78 is 0. The molecule has 0 unspecified atom stereocenters. The molecule has 82 valence electrons. The Kier molecular flexibility index (Phi) is 2.63. The summed E-state index contributed by atoms with van der Waals surface area (Å²) in [5.41, 5.74) is 0.793. The molecule has 0 aliphatic heterocycles. The van der Waals surface area contributed by atoms with Crippen molar-refractivity contribution in [2.45, 2.75) is 65.5 Å². The van der Waals surface area contributed by atoms with Gasteiger partial charge in [-0.1, -0.05) is 27.7 Å². The van der Waals surface area contributed by atoms with Gasteiger partial charge >= 0.3 is 0 Å². The second-order valence-electron chi connectivity index (χ2n) is 6.34. The van der Waals surface area contributed by atoms with Gasteiger partial charge in [-0.05, 0) is 42.9 Å². The molecule has 0 radical (unpaired) electrons. The summed E-state index contributed by atoms with van der Waals surface area (Å²) in [5.74, 6) is 1.95. The highest BCUT2D eigenvalue weighted by atomic mass is 15.0. The standard InChI is InChI=1S/C13H25N/c1-9(2)11-5-13(6-11)7-12(8-13)14-10(3)4/h9-12,14H,5-8H2,1-4H3. The molecule has 14 heavy (non-hydrogen) atoms. The lowest BCUT2D eigenvalue weighted by Gasteiger charge is -2.59. The summed E-state index contributed by atoms with van der Waals surface area (Å²) >= 11 is 0. The van der Waals surface area contributed by atoms with Crippen LogP contribution < -0.4 is 5.32 Å². The summed E-state index contributed by atoms with van der Waals surface area (Å²) in [5, 5.41) is 3.65. The van der Waals surface area contributed by atoms with Crippen LogP contribution in [0, 0.1) is 17.3 Å². The van der Waals surface area contributed by atoms with Crippen molar-refractivity contribution in [2.24, 2.45) is 17.3 Å². The van der Waals surface area contributed by atoms with Gasteiger partial charge in [0, 0.05) is 12.1 Å². The Morgan fingerprint density at radius 3 is 2.00 bits per heavy atom. The third kappa shape index (κ3) is 1.84. The van der Waals surface area contributed by atoms with Crippen LogP contribution in [-0.2, 0) is 0 Å². The maximum absolute atomic E-state index is 3.65. The Balaban J connectivity index is 1.69. The SMILES string of the molecule is CC(C)NC1CC2(C1)CC(C(C)C)C2. The first-order valence-corrected chi connectivity index (χ1v) is 6.27. The maximum Gasteiger partial charge on any atom is 0.00800 e. The largest absolute Gasteiger partial charge is 0.312 e. The summed E-state index contributed by atoms with van der Waals surface area (Å²) in [6.07, 6.45) is 5.94. The van der Waals surface area contributed by atoms with Crippen LogP contribution in [0.4, 0.5) is 0 Å². The fourth-order valence-corrected chi connectivity index (χ4v) is 3.43. The predicted molar refractivity (Wildman–Crippen MR) is 61.3 cm³/mol. The molecule has 1 heteroatoms. The van der Waals surface area contributed by atoms with Gasteiger partial charge in [-0.3, -0.25) is 0 Å². The van der Waals surface area contributed by atoms with Crippen LogP contribution in [0.1, 0.15) is 53.4 Å². The molecule has 0 heterocycles. The van der Waals surface area contributed by atoms with E-state index in [1.165, 1.54) is 25.7 Å². The molecule has 1 spiro atoms. The van der Waals surface area contributed by atoms with Gasteiger partial charge in [0.25, 0.3) is 0 Å². The van der Waals surface area contributed by atoms with Crippen molar-refractivity contribution in [1.82, 2.24) is 5.32 Å². The Morgan fingerprint density at radius 2 is 1.57 bits per heavy atom. The van der Waals surface area contributed by atoms with Gasteiger partial charge in [0.1, 0.15) is 0 Å². The molecule has 1 nitrogen and oxygen atoms in total. The first-order valence-electron chi connectivity index (χ1n) is 6.27. The van der Waals surface area contributed by atoms with Gasteiger partial charge in [-0.2, -0.15) is 0 Å². The van der Waals surface area contributed by atoms with Gasteiger partial charge in [0.2, 0.25) is 0 Å². The zero-order valence-corrected chi connectivity index (χ0v) is 10.1. The molecule has 0 aromatic heterocycles. The monoisotopic (exact) mass is 195 g/mol. The summed E-state index contributed by atoms with van der Waals surface area (Å²) in [4.78, 5) is 0. The molecule has 0 atom stereocenters. The minimum atomic E-state index is 0.665. The number of hydrogen-bond donors (Lipinski definition) is 1. The molecule has 1 N–H and O–H groups in total. The van der Waals surface area contributed by atoms with E-state index in [-0.39, 0.29) is 0 Å². The lowest BCUT2D eigenvalue weighted by atomic mass is 9.48. The molecule has 0 saturated heterocycles. The first-order chi connectivity index (χ1) is 6.51. The molecule has 2 rings (SSSR count). The fourth-order valence-electron chi connectivity index (χ4n) is 3.43. The van der Waals surface area contributed by atoms with Crippen LogP contribution in [0.25, 0.3) is 0 Å². The Labute approximate surface area is 88.7 Å². The van der Waals surface area contributed by atoms with Crippen LogP contribution in [0.15, 0.2) is 0 Å². The smallest absolute Gasteiger partial charge is 0.00800 e. The Bertz CT molecular complexity index is 193. The van der Waals surface area contributed by atoms with Gasteiger partial charge in [-0.15, -0.1) is 0 Å². The van der Waals surface area contributed by atoms with Crippen LogP contribution in [-0.4, -0.2) is 12.1 Å². The summed E-state index contributed by atoms with van der Waals surface area (Å²) in [7, 11) is 0. The average Bonchev–Trinajstić information content (AvgIpc) is 1.89. The van der Waals surface area contributed by atoms with E-state index in [0.717, 1.165) is 23.3 Å². The highest BCUT2D eigenvalue weighted by molar-refractivity contribution is 5.06. The molecule has 2 fully saturated rings. The van der Waals surface area contributed by atoms with Crippen molar-refractivity contribution in [3.63, 3.8) is 0 Å². The van der Waals surface area contributed by atoms with Crippen molar-refractivity contribution in [3.8, 4) is 0 Å². The summed E-state index contributed by atoms with van der Waals surface area (Å²) in [6.45, 7) is 9.26. The fraction of sp³-hybridized carbons (Fsp3) is 1.00. The third-order valence-electron chi connectivity index (χ3n) is 4.26. The van der Waals surface area contributed by atoms with Crippen LogP contribution in [0.3, 0.4) is 0 Å². The van der Waals surface area contributed by atoms with Crippen molar-refractivity contribution in [2.75, 3.05) is 0 Å².